The minimum absolute atomic E-state index is 0.251. The van der Waals surface area contributed by atoms with Gasteiger partial charge in [-0.2, -0.15) is 0 Å². The molecule has 4 aromatic carbocycles. The zero-order chi connectivity index (χ0) is 19.4. The Morgan fingerprint density at radius 2 is 0.893 bits per heavy atom. The molecule has 0 bridgehead atoms. The van der Waals surface area contributed by atoms with Crippen LogP contribution in [0.3, 0.4) is 0 Å². The number of hydrogen-bond acceptors (Lipinski definition) is 1. The fourth-order valence-electron chi connectivity index (χ4n) is 4.21. The van der Waals surface area contributed by atoms with E-state index < -0.39 is 7.26 Å². The van der Waals surface area contributed by atoms with Gasteiger partial charge >= 0.3 is 0 Å². The van der Waals surface area contributed by atoms with E-state index >= 15 is 0 Å². The van der Waals surface area contributed by atoms with Crippen molar-refractivity contribution in [1.29, 1.82) is 0 Å². The Morgan fingerprint density at radius 1 is 0.536 bits per heavy atom. The van der Waals surface area contributed by atoms with Gasteiger partial charge in [0, 0.05) is 11.3 Å². The van der Waals surface area contributed by atoms with Gasteiger partial charge in [0.15, 0.2) is 0 Å². The first-order chi connectivity index (χ1) is 13.7. The van der Waals surface area contributed by atoms with Crippen molar-refractivity contribution < 1.29 is 0 Å². The van der Waals surface area contributed by atoms with Crippen LogP contribution >= 0.6 is 7.26 Å². The lowest BCUT2D eigenvalue weighted by molar-refractivity contribution is 1.08. The van der Waals surface area contributed by atoms with E-state index in [1.807, 2.05) is 12.1 Å². The van der Waals surface area contributed by atoms with Crippen LogP contribution in [-0.2, 0) is 0 Å². The fourth-order valence-corrected chi connectivity index (χ4v) is 9.02. The van der Waals surface area contributed by atoms with E-state index in [0.717, 1.165) is 5.69 Å². The highest BCUT2D eigenvalue weighted by Gasteiger charge is 2.51. The van der Waals surface area contributed by atoms with Gasteiger partial charge in [0.25, 0.3) is 0 Å². The van der Waals surface area contributed by atoms with Crippen LogP contribution in [0.25, 0.3) is 0 Å². The molecule has 0 spiro atoms. The minimum atomic E-state index is -1.97. The molecule has 0 saturated carbocycles. The SMILES string of the molecule is CC(c1ccccc1N)[P+](c1ccccc1)(c1ccccc1)c1ccccc1. The minimum Gasteiger partial charge on any atom is -0.398 e. The van der Waals surface area contributed by atoms with Crippen LogP contribution in [0.15, 0.2) is 115 Å². The summed E-state index contributed by atoms with van der Waals surface area (Å²) in [4.78, 5) is 0. The smallest absolute Gasteiger partial charge is 0.119 e. The Kier molecular flexibility index (Phi) is 5.28. The maximum atomic E-state index is 6.47. The number of nitrogens with two attached hydrogens (primary N) is 1. The predicted octanol–water partition coefficient (Wildman–Crippen LogP) is 5.32. The monoisotopic (exact) mass is 382 g/mol. The Bertz CT molecular complexity index is 933. The number of hydrogen-bond donors (Lipinski definition) is 1. The van der Waals surface area contributed by atoms with Gasteiger partial charge in [-0.25, -0.2) is 0 Å². The summed E-state index contributed by atoms with van der Waals surface area (Å²) in [5.74, 6) is 0. The van der Waals surface area contributed by atoms with Gasteiger partial charge in [0.1, 0.15) is 28.8 Å². The van der Waals surface area contributed by atoms with Crippen molar-refractivity contribution in [3.63, 3.8) is 0 Å². The van der Waals surface area contributed by atoms with Gasteiger partial charge in [-0.15, -0.1) is 0 Å². The van der Waals surface area contributed by atoms with Gasteiger partial charge in [-0.05, 0) is 49.4 Å². The third-order valence-corrected chi connectivity index (χ3v) is 10.3. The van der Waals surface area contributed by atoms with Crippen molar-refractivity contribution in [1.82, 2.24) is 0 Å². The molecule has 28 heavy (non-hydrogen) atoms. The van der Waals surface area contributed by atoms with Crippen molar-refractivity contribution in [3.8, 4) is 0 Å². The molecule has 0 aliphatic rings. The third kappa shape index (κ3) is 3.13. The molecule has 1 atom stereocenters. The summed E-state index contributed by atoms with van der Waals surface area (Å²) in [6, 6.07) is 41.2. The second kappa shape index (κ2) is 8.00. The van der Waals surface area contributed by atoms with E-state index in [1.54, 1.807) is 0 Å². The maximum Gasteiger partial charge on any atom is 0.119 e. The lowest BCUT2D eigenvalue weighted by atomic mass is 10.1. The Balaban J connectivity index is 2.09. The average Bonchev–Trinajstić information content (AvgIpc) is 2.77. The molecule has 2 N–H and O–H groups in total. The number of benzene rings is 4. The molecule has 2 heteroatoms. The van der Waals surface area contributed by atoms with Gasteiger partial charge in [0.2, 0.25) is 0 Å². The predicted molar refractivity (Wildman–Crippen MR) is 124 cm³/mol. The highest BCUT2D eigenvalue weighted by atomic mass is 31.2. The molecule has 1 nitrogen and oxygen atoms in total. The molecule has 4 aromatic rings. The molecule has 0 aliphatic heterocycles. The molecule has 4 rings (SSSR count). The van der Waals surface area contributed by atoms with Crippen LogP contribution < -0.4 is 21.6 Å². The molecular formula is C26H25NP+. The highest BCUT2D eigenvalue weighted by molar-refractivity contribution is 7.96. The van der Waals surface area contributed by atoms with Crippen molar-refractivity contribution in [2.45, 2.75) is 12.6 Å². The zero-order valence-corrected chi connectivity index (χ0v) is 17.0. The first-order valence-corrected chi connectivity index (χ1v) is 11.5. The van der Waals surface area contributed by atoms with Crippen LogP contribution in [0.4, 0.5) is 5.69 Å². The summed E-state index contributed by atoms with van der Waals surface area (Å²) in [6.45, 7) is 2.34. The van der Waals surface area contributed by atoms with E-state index in [-0.39, 0.29) is 5.66 Å². The van der Waals surface area contributed by atoms with E-state index in [9.17, 15) is 0 Å². The molecule has 0 fully saturated rings. The van der Waals surface area contributed by atoms with E-state index in [0.29, 0.717) is 0 Å². The van der Waals surface area contributed by atoms with Gasteiger partial charge < -0.3 is 5.73 Å². The summed E-state index contributed by atoms with van der Waals surface area (Å²) in [7, 11) is -1.97. The zero-order valence-electron chi connectivity index (χ0n) is 16.1. The van der Waals surface area contributed by atoms with E-state index in [2.05, 4.69) is 110 Å². The molecular weight excluding hydrogens is 357 g/mol. The summed E-state index contributed by atoms with van der Waals surface area (Å²) in [6.07, 6.45) is 0. The van der Waals surface area contributed by atoms with Gasteiger partial charge in [0.05, 0.1) is 0 Å². The normalized spacial score (nSPS) is 12.5. The highest BCUT2D eigenvalue weighted by Crippen LogP contribution is 2.67. The van der Waals surface area contributed by atoms with Crippen LogP contribution in [0.1, 0.15) is 18.1 Å². The van der Waals surface area contributed by atoms with Crippen LogP contribution in [0.2, 0.25) is 0 Å². The average molecular weight is 382 g/mol. The molecule has 138 valence electrons. The molecule has 0 aromatic heterocycles. The largest absolute Gasteiger partial charge is 0.398 e. The Hall–Kier alpha value is -2.89. The lowest BCUT2D eigenvalue weighted by Gasteiger charge is -2.33. The van der Waals surface area contributed by atoms with Crippen molar-refractivity contribution in [3.05, 3.63) is 121 Å². The van der Waals surface area contributed by atoms with Crippen LogP contribution in [0, 0.1) is 0 Å². The third-order valence-electron chi connectivity index (χ3n) is 5.52. The second-order valence-corrected chi connectivity index (χ2v) is 10.8. The van der Waals surface area contributed by atoms with Crippen LogP contribution in [-0.4, -0.2) is 0 Å². The van der Waals surface area contributed by atoms with Gasteiger partial charge in [-0.3, -0.25) is 0 Å². The first-order valence-electron chi connectivity index (χ1n) is 9.64. The molecule has 1 unspecified atom stereocenters. The summed E-state index contributed by atoms with van der Waals surface area (Å²) in [5.41, 5.74) is 8.80. The van der Waals surface area contributed by atoms with Gasteiger partial charge in [-0.1, -0.05) is 72.8 Å². The van der Waals surface area contributed by atoms with E-state index in [1.165, 1.54) is 21.5 Å². The number of anilines is 1. The van der Waals surface area contributed by atoms with Crippen molar-refractivity contribution in [2.24, 2.45) is 0 Å². The lowest BCUT2D eigenvalue weighted by Crippen LogP contribution is -2.34. The van der Waals surface area contributed by atoms with Crippen molar-refractivity contribution >= 4 is 28.9 Å². The Morgan fingerprint density at radius 3 is 1.29 bits per heavy atom. The number of rotatable bonds is 5. The quantitative estimate of drug-likeness (QED) is 0.367. The maximum absolute atomic E-state index is 6.47. The number of nitrogen functional groups attached to an aromatic ring is 1. The summed E-state index contributed by atoms with van der Waals surface area (Å²) in [5, 5.41) is 4.13. The first kappa shape index (κ1) is 18.5. The Labute approximate surface area is 168 Å². The van der Waals surface area contributed by atoms with Crippen LogP contribution in [0.5, 0.6) is 0 Å². The second-order valence-electron chi connectivity index (χ2n) is 7.03. The van der Waals surface area contributed by atoms with E-state index in [4.69, 9.17) is 5.73 Å². The fraction of sp³-hybridized carbons (Fsp3) is 0.0769. The number of para-hydroxylation sites is 1. The molecule has 0 saturated heterocycles. The molecule has 0 radical (unpaired) electrons. The molecule has 0 amide bonds. The summed E-state index contributed by atoms with van der Waals surface area (Å²) >= 11 is 0. The molecule has 0 heterocycles. The topological polar surface area (TPSA) is 26.0 Å². The molecule has 0 aliphatic carbocycles. The summed E-state index contributed by atoms with van der Waals surface area (Å²) < 4.78 is 0. The standard InChI is InChI=1S/C26H25NP/c1-21(25-19-11-12-20-26(25)27)28(22-13-5-2-6-14-22,23-15-7-3-8-16-23)24-17-9-4-10-18-24/h2-21H,27H2,1H3/q+1. The van der Waals surface area contributed by atoms with Crippen molar-refractivity contribution in [2.75, 3.05) is 5.73 Å².